The van der Waals surface area contributed by atoms with Gasteiger partial charge in [-0.05, 0) is 29.7 Å². The fraction of sp³-hybridized carbons (Fsp3) is 0.316. The molecular formula is C19H22N2O5. The van der Waals surface area contributed by atoms with E-state index in [4.69, 9.17) is 14.6 Å². The van der Waals surface area contributed by atoms with E-state index in [0.717, 1.165) is 16.9 Å². The molecule has 7 nitrogen and oxygen atoms in total. The van der Waals surface area contributed by atoms with Crippen LogP contribution in [0.4, 0.5) is 4.79 Å². The Labute approximate surface area is 151 Å². The van der Waals surface area contributed by atoms with E-state index >= 15 is 0 Å². The van der Waals surface area contributed by atoms with Crippen molar-refractivity contribution in [2.24, 2.45) is 0 Å². The lowest BCUT2D eigenvalue weighted by Gasteiger charge is -2.23. The predicted molar refractivity (Wildman–Crippen MR) is 95.4 cm³/mol. The smallest absolute Gasteiger partial charge is 0.404 e. The van der Waals surface area contributed by atoms with Gasteiger partial charge in [-0.3, -0.25) is 0 Å². The monoisotopic (exact) mass is 358 g/mol. The lowest BCUT2D eigenvalue weighted by Crippen LogP contribution is -2.48. The van der Waals surface area contributed by atoms with E-state index in [1.807, 2.05) is 48.5 Å². The molecule has 0 fully saturated rings. The molecule has 0 bridgehead atoms. The Morgan fingerprint density at radius 3 is 2.62 bits per heavy atom. The Morgan fingerprint density at radius 1 is 1.08 bits per heavy atom. The number of hydrogen-bond acceptors (Lipinski definition) is 5. The fourth-order valence-electron chi connectivity index (χ4n) is 2.87. The summed E-state index contributed by atoms with van der Waals surface area (Å²) in [5.74, 6) is 1.43. The van der Waals surface area contributed by atoms with E-state index in [2.05, 4.69) is 10.6 Å². The first-order chi connectivity index (χ1) is 12.6. The van der Waals surface area contributed by atoms with Gasteiger partial charge in [-0.1, -0.05) is 36.4 Å². The van der Waals surface area contributed by atoms with Crippen LogP contribution in [-0.2, 0) is 13.0 Å². The third-order valence-corrected chi connectivity index (χ3v) is 4.19. The second-order valence-corrected chi connectivity index (χ2v) is 6.13. The molecule has 2 aromatic rings. The Bertz CT molecular complexity index is 738. The molecule has 1 heterocycles. The molecule has 1 aliphatic rings. The highest BCUT2D eigenvalue weighted by atomic mass is 16.7. The molecule has 0 spiro atoms. The largest absolute Gasteiger partial charge is 0.465 e. The van der Waals surface area contributed by atoms with Gasteiger partial charge in [0.15, 0.2) is 11.5 Å². The lowest BCUT2D eigenvalue weighted by atomic mass is 10.0. The normalized spacial score (nSPS) is 14.7. The van der Waals surface area contributed by atoms with Crippen LogP contribution in [0.5, 0.6) is 11.5 Å². The molecule has 2 aromatic carbocycles. The quantitative estimate of drug-likeness (QED) is 0.574. The number of nitrogens with one attached hydrogen (secondary N) is 2. The van der Waals surface area contributed by atoms with Crippen LogP contribution in [-0.4, -0.2) is 41.8 Å². The van der Waals surface area contributed by atoms with Crippen LogP contribution in [0.2, 0.25) is 0 Å². The summed E-state index contributed by atoms with van der Waals surface area (Å²) in [6.07, 6.45) is -1.60. The number of carboxylic acid groups (broad SMARTS) is 1. The molecule has 3 rings (SSSR count). The van der Waals surface area contributed by atoms with Gasteiger partial charge in [0.25, 0.3) is 0 Å². The number of ether oxygens (including phenoxy) is 2. The molecule has 0 aliphatic carbocycles. The molecule has 0 saturated heterocycles. The Kier molecular flexibility index (Phi) is 5.93. The molecule has 26 heavy (non-hydrogen) atoms. The number of aliphatic hydroxyl groups is 1. The van der Waals surface area contributed by atoms with Gasteiger partial charge in [-0.15, -0.1) is 0 Å². The molecule has 1 amide bonds. The number of carbonyl (C=O) groups is 1. The summed E-state index contributed by atoms with van der Waals surface area (Å²) < 4.78 is 10.6. The Morgan fingerprint density at radius 2 is 1.85 bits per heavy atom. The molecule has 4 N–H and O–H groups in total. The van der Waals surface area contributed by atoms with Gasteiger partial charge in [0.05, 0.1) is 12.1 Å². The van der Waals surface area contributed by atoms with Crippen LogP contribution < -0.4 is 20.1 Å². The summed E-state index contributed by atoms with van der Waals surface area (Å²) in [7, 11) is 0. The van der Waals surface area contributed by atoms with Crippen molar-refractivity contribution in [3.8, 4) is 11.5 Å². The summed E-state index contributed by atoms with van der Waals surface area (Å²) in [4.78, 5) is 11.0. The third-order valence-electron chi connectivity index (χ3n) is 4.19. The molecule has 7 heteroatoms. The standard InChI is InChI=1S/C19H22N2O5/c22-16(15(21-19(23)24)8-13-4-2-1-3-5-13)11-20-10-14-6-7-17-18(9-14)26-12-25-17/h1-7,9,15-16,20-22H,8,10-12H2,(H,23,24)/t15-,16-/m0/s1. The van der Waals surface area contributed by atoms with E-state index in [1.54, 1.807) is 0 Å². The maximum absolute atomic E-state index is 11.0. The van der Waals surface area contributed by atoms with Crippen molar-refractivity contribution in [1.29, 1.82) is 0 Å². The molecule has 0 aromatic heterocycles. The fourth-order valence-corrected chi connectivity index (χ4v) is 2.87. The number of rotatable bonds is 8. The minimum Gasteiger partial charge on any atom is -0.465 e. The number of amides is 1. The third kappa shape index (κ3) is 4.87. The molecule has 1 aliphatic heterocycles. The molecular weight excluding hydrogens is 336 g/mol. The molecule has 138 valence electrons. The van der Waals surface area contributed by atoms with Crippen molar-refractivity contribution in [2.45, 2.75) is 25.1 Å². The highest BCUT2D eigenvalue weighted by molar-refractivity contribution is 5.65. The van der Waals surface area contributed by atoms with Crippen molar-refractivity contribution >= 4 is 6.09 Å². The van der Waals surface area contributed by atoms with Crippen molar-refractivity contribution < 1.29 is 24.5 Å². The highest BCUT2D eigenvalue weighted by Crippen LogP contribution is 2.32. The summed E-state index contributed by atoms with van der Waals surface area (Å²) >= 11 is 0. The summed E-state index contributed by atoms with van der Waals surface area (Å²) in [6.45, 7) is 1.01. The summed E-state index contributed by atoms with van der Waals surface area (Å²) in [6, 6.07) is 14.5. The first-order valence-corrected chi connectivity index (χ1v) is 8.42. The van der Waals surface area contributed by atoms with Gasteiger partial charge in [-0.2, -0.15) is 0 Å². The first kappa shape index (κ1) is 18.0. The molecule has 0 radical (unpaired) electrons. The van der Waals surface area contributed by atoms with Crippen LogP contribution in [0.3, 0.4) is 0 Å². The van der Waals surface area contributed by atoms with E-state index in [9.17, 15) is 9.90 Å². The maximum Gasteiger partial charge on any atom is 0.404 e. The van der Waals surface area contributed by atoms with Gasteiger partial charge < -0.3 is 30.3 Å². The first-order valence-electron chi connectivity index (χ1n) is 8.42. The second kappa shape index (κ2) is 8.55. The van der Waals surface area contributed by atoms with Crippen LogP contribution in [0, 0.1) is 0 Å². The van der Waals surface area contributed by atoms with E-state index < -0.39 is 18.2 Å². The van der Waals surface area contributed by atoms with Gasteiger partial charge >= 0.3 is 6.09 Å². The lowest BCUT2D eigenvalue weighted by molar-refractivity contribution is 0.117. The molecule has 0 saturated carbocycles. The van der Waals surface area contributed by atoms with E-state index in [0.29, 0.717) is 18.7 Å². The SMILES string of the molecule is O=C(O)N[C@@H](Cc1ccccc1)[C@@H](O)CNCc1ccc2c(c1)OCO2. The summed E-state index contributed by atoms with van der Waals surface area (Å²) in [5.41, 5.74) is 1.95. The van der Waals surface area contributed by atoms with Crippen molar-refractivity contribution in [3.63, 3.8) is 0 Å². The Balaban J connectivity index is 1.53. The van der Waals surface area contributed by atoms with Gasteiger partial charge in [-0.25, -0.2) is 4.79 Å². The zero-order chi connectivity index (χ0) is 18.4. The zero-order valence-corrected chi connectivity index (χ0v) is 14.2. The highest BCUT2D eigenvalue weighted by Gasteiger charge is 2.21. The van der Waals surface area contributed by atoms with Crippen molar-refractivity contribution in [3.05, 3.63) is 59.7 Å². The van der Waals surface area contributed by atoms with E-state index in [1.165, 1.54) is 0 Å². The minimum atomic E-state index is -1.15. The maximum atomic E-state index is 11.0. The van der Waals surface area contributed by atoms with Crippen molar-refractivity contribution in [2.75, 3.05) is 13.3 Å². The average Bonchev–Trinajstić information content (AvgIpc) is 3.09. The second-order valence-electron chi connectivity index (χ2n) is 6.13. The van der Waals surface area contributed by atoms with Crippen molar-refractivity contribution in [1.82, 2.24) is 10.6 Å². The van der Waals surface area contributed by atoms with Gasteiger partial charge in [0.2, 0.25) is 6.79 Å². The zero-order valence-electron chi connectivity index (χ0n) is 14.2. The minimum absolute atomic E-state index is 0.229. The van der Waals surface area contributed by atoms with Crippen LogP contribution >= 0.6 is 0 Å². The Hall–Kier alpha value is -2.77. The number of fused-ring (bicyclic) bond motifs is 1. The van der Waals surface area contributed by atoms with Gasteiger partial charge in [0.1, 0.15) is 0 Å². The topological polar surface area (TPSA) is 100 Å². The van der Waals surface area contributed by atoms with E-state index in [-0.39, 0.29) is 13.3 Å². The molecule has 2 atom stereocenters. The number of benzene rings is 2. The number of hydrogen-bond donors (Lipinski definition) is 4. The van der Waals surface area contributed by atoms with Crippen LogP contribution in [0.1, 0.15) is 11.1 Å². The van der Waals surface area contributed by atoms with Crippen LogP contribution in [0.25, 0.3) is 0 Å². The van der Waals surface area contributed by atoms with Gasteiger partial charge in [0, 0.05) is 13.1 Å². The average molecular weight is 358 g/mol. The molecule has 0 unspecified atom stereocenters. The predicted octanol–water partition coefficient (Wildman–Crippen LogP) is 1.74. The number of aliphatic hydroxyl groups excluding tert-OH is 1. The van der Waals surface area contributed by atoms with Crippen LogP contribution in [0.15, 0.2) is 48.5 Å². The summed E-state index contributed by atoms with van der Waals surface area (Å²) in [5, 5.41) is 25.0.